The van der Waals surface area contributed by atoms with Gasteiger partial charge in [0.1, 0.15) is 0 Å². The molecule has 0 unspecified atom stereocenters. The van der Waals surface area contributed by atoms with Crippen molar-refractivity contribution in [1.82, 2.24) is 5.32 Å². The summed E-state index contributed by atoms with van der Waals surface area (Å²) in [6, 6.07) is 14.4. The highest BCUT2D eigenvalue weighted by atomic mass is 16.2. The number of carbonyl (C=O) groups excluding carboxylic acids is 3. The molecule has 6 rings (SSSR count). The van der Waals surface area contributed by atoms with Gasteiger partial charge in [-0.25, -0.2) is 0 Å². The van der Waals surface area contributed by atoms with E-state index in [0.29, 0.717) is 23.5 Å². The largest absolute Gasteiger partial charge is 0.352 e. The summed E-state index contributed by atoms with van der Waals surface area (Å²) < 4.78 is 0. The number of carbonyl (C=O) groups is 3. The normalized spacial score (nSPS) is 27.1. The number of hydrogen-bond donors (Lipinski definition) is 3. The molecular formula is C27H31N3O3. The smallest absolute Gasteiger partial charge is 0.255 e. The van der Waals surface area contributed by atoms with E-state index in [1.165, 1.54) is 26.2 Å². The summed E-state index contributed by atoms with van der Waals surface area (Å²) >= 11 is 0. The van der Waals surface area contributed by atoms with Crippen LogP contribution in [0.3, 0.4) is 0 Å². The van der Waals surface area contributed by atoms with Crippen LogP contribution < -0.4 is 16.0 Å². The zero-order valence-electron chi connectivity index (χ0n) is 19.0. The van der Waals surface area contributed by atoms with E-state index in [0.717, 1.165) is 42.6 Å². The lowest BCUT2D eigenvalue weighted by Gasteiger charge is -2.55. The molecule has 4 aliphatic carbocycles. The first-order valence-corrected chi connectivity index (χ1v) is 11.9. The van der Waals surface area contributed by atoms with Gasteiger partial charge in [-0.3, -0.25) is 14.4 Å². The molecule has 0 spiro atoms. The van der Waals surface area contributed by atoms with Gasteiger partial charge in [0.25, 0.3) is 5.91 Å². The summed E-state index contributed by atoms with van der Waals surface area (Å²) in [7, 11) is 0. The van der Waals surface area contributed by atoms with Crippen molar-refractivity contribution in [2.75, 3.05) is 10.6 Å². The van der Waals surface area contributed by atoms with Gasteiger partial charge in [0.2, 0.25) is 11.8 Å². The van der Waals surface area contributed by atoms with Gasteiger partial charge >= 0.3 is 0 Å². The van der Waals surface area contributed by atoms with E-state index >= 15 is 0 Å². The Kier molecular flexibility index (Phi) is 5.69. The average Bonchev–Trinajstić information content (AvgIpc) is 2.76. The molecule has 4 saturated carbocycles. The second-order valence-corrected chi connectivity index (χ2v) is 10.3. The molecule has 4 bridgehead atoms. The minimum atomic E-state index is -0.223. The summed E-state index contributed by atoms with van der Waals surface area (Å²) in [5.74, 6) is 2.09. The standard InChI is InChI=1S/C27H31N3O3/c1-17(31)29-23-3-2-4-24(12-23)30-25(32)22-7-5-18(6-8-22)16-28-26(33)27-13-19-9-20(14-27)11-21(10-19)15-27/h2-8,12,19-21H,9-11,13-16H2,1H3,(H,28,33)(H,29,31)(H,30,32). The van der Waals surface area contributed by atoms with Crippen molar-refractivity contribution >= 4 is 29.1 Å². The maximum atomic E-state index is 13.1. The number of anilines is 2. The van der Waals surface area contributed by atoms with Crippen LogP contribution in [0, 0.1) is 23.2 Å². The number of rotatable bonds is 6. The molecule has 0 radical (unpaired) electrons. The van der Waals surface area contributed by atoms with Crippen LogP contribution in [-0.2, 0) is 16.1 Å². The Hall–Kier alpha value is -3.15. The Bertz CT molecular complexity index is 1040. The Labute approximate surface area is 194 Å². The zero-order chi connectivity index (χ0) is 23.0. The third-order valence-corrected chi connectivity index (χ3v) is 7.63. The Morgan fingerprint density at radius 3 is 2.00 bits per heavy atom. The summed E-state index contributed by atoms with van der Waals surface area (Å²) in [6.07, 6.45) is 7.17. The van der Waals surface area contributed by atoms with E-state index in [2.05, 4.69) is 16.0 Å². The lowest BCUT2D eigenvalue weighted by Crippen LogP contribution is -2.53. The fourth-order valence-corrected chi connectivity index (χ4v) is 6.61. The summed E-state index contributed by atoms with van der Waals surface area (Å²) in [6.45, 7) is 1.93. The summed E-state index contributed by atoms with van der Waals surface area (Å²) in [5.41, 5.74) is 2.62. The Balaban J connectivity index is 1.17. The maximum Gasteiger partial charge on any atom is 0.255 e. The van der Waals surface area contributed by atoms with E-state index < -0.39 is 0 Å². The Morgan fingerprint density at radius 1 is 0.848 bits per heavy atom. The van der Waals surface area contributed by atoms with Crippen LogP contribution in [0.1, 0.15) is 61.4 Å². The first-order valence-electron chi connectivity index (χ1n) is 11.9. The predicted octanol–water partition coefficient (Wildman–Crippen LogP) is 4.73. The Morgan fingerprint density at radius 2 is 1.42 bits per heavy atom. The first kappa shape index (κ1) is 21.7. The van der Waals surface area contributed by atoms with Crippen molar-refractivity contribution in [2.45, 2.75) is 52.0 Å². The second kappa shape index (κ2) is 8.65. The third-order valence-electron chi connectivity index (χ3n) is 7.63. The molecule has 0 aromatic heterocycles. The van der Waals surface area contributed by atoms with Gasteiger partial charge in [-0.2, -0.15) is 0 Å². The van der Waals surface area contributed by atoms with E-state index in [4.69, 9.17) is 0 Å². The molecule has 3 N–H and O–H groups in total. The molecule has 2 aromatic carbocycles. The SMILES string of the molecule is CC(=O)Nc1cccc(NC(=O)c2ccc(CNC(=O)C34CC5CC(CC(C5)C3)C4)cc2)c1. The van der Waals surface area contributed by atoms with Gasteiger partial charge < -0.3 is 16.0 Å². The van der Waals surface area contributed by atoms with Crippen molar-refractivity contribution in [3.05, 3.63) is 59.7 Å². The van der Waals surface area contributed by atoms with Gasteiger partial charge in [-0.1, -0.05) is 18.2 Å². The van der Waals surface area contributed by atoms with Crippen LogP contribution in [0.5, 0.6) is 0 Å². The minimum absolute atomic E-state index is 0.139. The third kappa shape index (κ3) is 4.65. The monoisotopic (exact) mass is 445 g/mol. The topological polar surface area (TPSA) is 87.3 Å². The van der Waals surface area contributed by atoms with Gasteiger partial charge in [-0.05, 0) is 92.2 Å². The fourth-order valence-electron chi connectivity index (χ4n) is 6.61. The molecule has 0 atom stereocenters. The lowest BCUT2D eigenvalue weighted by atomic mass is 9.49. The molecule has 6 nitrogen and oxygen atoms in total. The van der Waals surface area contributed by atoms with E-state index in [9.17, 15) is 14.4 Å². The van der Waals surface area contributed by atoms with Crippen molar-refractivity contribution in [3.8, 4) is 0 Å². The molecule has 6 heteroatoms. The number of amides is 3. The molecular weight excluding hydrogens is 414 g/mol. The number of benzene rings is 2. The van der Waals surface area contributed by atoms with Crippen LogP contribution in [0.4, 0.5) is 11.4 Å². The number of hydrogen-bond acceptors (Lipinski definition) is 3. The molecule has 2 aromatic rings. The van der Waals surface area contributed by atoms with Crippen LogP contribution in [-0.4, -0.2) is 17.7 Å². The van der Waals surface area contributed by atoms with Crippen molar-refractivity contribution in [1.29, 1.82) is 0 Å². The molecule has 0 heterocycles. The highest BCUT2D eigenvalue weighted by Gasteiger charge is 2.54. The first-order chi connectivity index (χ1) is 15.9. The minimum Gasteiger partial charge on any atom is -0.352 e. The lowest BCUT2D eigenvalue weighted by molar-refractivity contribution is -0.146. The predicted molar refractivity (Wildman–Crippen MR) is 128 cm³/mol. The quantitative estimate of drug-likeness (QED) is 0.601. The van der Waals surface area contributed by atoms with E-state index in [1.807, 2.05) is 12.1 Å². The van der Waals surface area contributed by atoms with Crippen LogP contribution >= 0.6 is 0 Å². The molecule has 3 amide bonds. The number of nitrogens with one attached hydrogen (secondary N) is 3. The molecule has 4 aliphatic rings. The summed E-state index contributed by atoms with van der Waals surface area (Å²) in [5, 5.41) is 8.75. The van der Waals surface area contributed by atoms with E-state index in [-0.39, 0.29) is 23.1 Å². The molecule has 0 aliphatic heterocycles. The van der Waals surface area contributed by atoms with Gasteiger partial charge in [0.15, 0.2) is 0 Å². The average molecular weight is 446 g/mol. The van der Waals surface area contributed by atoms with Gasteiger partial charge in [-0.15, -0.1) is 0 Å². The van der Waals surface area contributed by atoms with Gasteiger partial charge in [0, 0.05) is 35.8 Å². The van der Waals surface area contributed by atoms with Crippen molar-refractivity contribution in [3.63, 3.8) is 0 Å². The molecule has 4 fully saturated rings. The zero-order valence-corrected chi connectivity index (χ0v) is 19.0. The highest BCUT2D eigenvalue weighted by Crippen LogP contribution is 2.60. The second-order valence-electron chi connectivity index (χ2n) is 10.3. The van der Waals surface area contributed by atoms with Crippen LogP contribution in [0.15, 0.2) is 48.5 Å². The fraction of sp³-hybridized carbons (Fsp3) is 0.444. The van der Waals surface area contributed by atoms with E-state index in [1.54, 1.807) is 36.4 Å². The van der Waals surface area contributed by atoms with Crippen LogP contribution in [0.25, 0.3) is 0 Å². The van der Waals surface area contributed by atoms with Crippen molar-refractivity contribution < 1.29 is 14.4 Å². The van der Waals surface area contributed by atoms with Crippen LogP contribution in [0.2, 0.25) is 0 Å². The maximum absolute atomic E-state index is 13.1. The molecule has 0 saturated heterocycles. The molecule has 172 valence electrons. The van der Waals surface area contributed by atoms with Gasteiger partial charge in [0.05, 0.1) is 0 Å². The highest BCUT2D eigenvalue weighted by molar-refractivity contribution is 6.04. The van der Waals surface area contributed by atoms with Crippen molar-refractivity contribution in [2.24, 2.45) is 23.2 Å². The molecule has 33 heavy (non-hydrogen) atoms. The summed E-state index contributed by atoms with van der Waals surface area (Å²) in [4.78, 5) is 37.0.